The minimum Gasteiger partial charge on any atom is -0.469 e. The Hall–Kier alpha value is -1.98. The fraction of sp³-hybridized carbons (Fsp3) is 0.647. The fourth-order valence-corrected chi connectivity index (χ4v) is 2.45. The molecule has 0 spiro atoms. The zero-order valence-corrected chi connectivity index (χ0v) is 14.2. The lowest BCUT2D eigenvalue weighted by Crippen LogP contribution is -2.41. The monoisotopic (exact) mass is 320 g/mol. The summed E-state index contributed by atoms with van der Waals surface area (Å²) in [6, 6.07) is 3.84. The van der Waals surface area contributed by atoms with Gasteiger partial charge in [0.1, 0.15) is 12.3 Å². The van der Waals surface area contributed by atoms with E-state index in [1.54, 1.807) is 6.26 Å². The molecule has 1 aliphatic heterocycles. The number of guanidine groups is 1. The maximum atomic E-state index is 12.1. The third-order valence-corrected chi connectivity index (χ3v) is 3.75. The number of carbonyl (C=O) groups is 1. The minimum atomic E-state index is 0.110. The first-order valence-electron chi connectivity index (χ1n) is 8.47. The predicted molar refractivity (Wildman–Crippen MR) is 91.4 cm³/mol. The van der Waals surface area contributed by atoms with Gasteiger partial charge in [0.2, 0.25) is 5.91 Å². The number of aliphatic imine (C=N–C) groups is 1. The van der Waals surface area contributed by atoms with E-state index in [4.69, 9.17) is 4.42 Å². The third-order valence-electron chi connectivity index (χ3n) is 3.75. The van der Waals surface area contributed by atoms with Crippen LogP contribution in [-0.2, 0) is 11.2 Å². The highest BCUT2D eigenvalue weighted by Gasteiger charge is 2.17. The molecular formula is C17H28N4O2. The van der Waals surface area contributed by atoms with E-state index in [2.05, 4.69) is 29.5 Å². The standard InChI is InChI=1S/C17H28N4O2/c1-14(2)12-19-17(18-8-7-15-6-5-11-23-15)20-13-16(22)21-9-3-4-10-21/h5-6,11,14H,3-4,7-10,12-13H2,1-2H3,(H2,18,19,20). The number of hydrogen-bond acceptors (Lipinski definition) is 3. The number of furan rings is 1. The van der Waals surface area contributed by atoms with Crippen LogP contribution in [0.4, 0.5) is 0 Å². The summed E-state index contributed by atoms with van der Waals surface area (Å²) in [4.78, 5) is 18.4. The Morgan fingerprint density at radius 2 is 2.13 bits per heavy atom. The molecule has 0 unspecified atom stereocenters. The van der Waals surface area contributed by atoms with E-state index < -0.39 is 0 Å². The van der Waals surface area contributed by atoms with Crippen LogP contribution < -0.4 is 10.6 Å². The van der Waals surface area contributed by atoms with Crippen LogP contribution in [0.1, 0.15) is 32.4 Å². The highest BCUT2D eigenvalue weighted by molar-refractivity contribution is 5.85. The van der Waals surface area contributed by atoms with Gasteiger partial charge in [-0.2, -0.15) is 0 Å². The summed E-state index contributed by atoms with van der Waals surface area (Å²) in [5.74, 6) is 2.26. The van der Waals surface area contributed by atoms with Crippen molar-refractivity contribution in [2.75, 3.05) is 32.7 Å². The van der Waals surface area contributed by atoms with Crippen LogP contribution in [0.15, 0.2) is 27.8 Å². The number of carbonyl (C=O) groups excluding carboxylic acids is 1. The van der Waals surface area contributed by atoms with E-state index in [9.17, 15) is 4.79 Å². The summed E-state index contributed by atoms with van der Waals surface area (Å²) in [6.07, 6.45) is 4.68. The average Bonchev–Trinajstić information content (AvgIpc) is 3.21. The Morgan fingerprint density at radius 3 is 2.78 bits per heavy atom. The van der Waals surface area contributed by atoms with Crippen molar-refractivity contribution < 1.29 is 9.21 Å². The molecule has 0 saturated carbocycles. The lowest BCUT2D eigenvalue weighted by molar-refractivity contribution is -0.128. The maximum Gasteiger partial charge on any atom is 0.244 e. The second-order valence-corrected chi connectivity index (χ2v) is 6.28. The topological polar surface area (TPSA) is 69.9 Å². The Bertz CT molecular complexity index is 491. The number of rotatable bonds is 7. The van der Waals surface area contributed by atoms with Gasteiger partial charge in [0.05, 0.1) is 6.26 Å². The molecule has 128 valence electrons. The van der Waals surface area contributed by atoms with Crippen molar-refractivity contribution in [3.05, 3.63) is 24.2 Å². The lowest BCUT2D eigenvalue weighted by atomic mass is 10.2. The van der Waals surface area contributed by atoms with E-state index in [1.165, 1.54) is 0 Å². The van der Waals surface area contributed by atoms with Crippen molar-refractivity contribution in [1.29, 1.82) is 0 Å². The maximum absolute atomic E-state index is 12.1. The first-order valence-corrected chi connectivity index (χ1v) is 8.47. The molecule has 2 rings (SSSR count). The molecule has 0 aromatic carbocycles. The molecule has 1 amide bonds. The zero-order valence-electron chi connectivity index (χ0n) is 14.2. The van der Waals surface area contributed by atoms with E-state index in [0.717, 1.165) is 51.2 Å². The normalized spacial score (nSPS) is 15.3. The summed E-state index contributed by atoms with van der Waals surface area (Å²) < 4.78 is 5.32. The second kappa shape index (κ2) is 9.22. The smallest absolute Gasteiger partial charge is 0.244 e. The van der Waals surface area contributed by atoms with E-state index >= 15 is 0 Å². The Labute approximate surface area is 138 Å². The quantitative estimate of drug-likeness (QED) is 0.592. The van der Waals surface area contributed by atoms with Crippen molar-refractivity contribution in [2.45, 2.75) is 33.1 Å². The fourth-order valence-electron chi connectivity index (χ4n) is 2.45. The van der Waals surface area contributed by atoms with Gasteiger partial charge in [-0.25, -0.2) is 4.99 Å². The molecule has 1 saturated heterocycles. The van der Waals surface area contributed by atoms with Crippen LogP contribution >= 0.6 is 0 Å². The van der Waals surface area contributed by atoms with Gasteiger partial charge >= 0.3 is 0 Å². The van der Waals surface area contributed by atoms with Gasteiger partial charge in [-0.05, 0) is 30.9 Å². The van der Waals surface area contributed by atoms with Gasteiger partial charge in [-0.15, -0.1) is 0 Å². The van der Waals surface area contributed by atoms with Gasteiger partial charge in [0, 0.05) is 32.6 Å². The van der Waals surface area contributed by atoms with Crippen molar-refractivity contribution >= 4 is 11.9 Å². The molecule has 0 radical (unpaired) electrons. The van der Waals surface area contributed by atoms with E-state index in [1.807, 2.05) is 17.0 Å². The van der Waals surface area contributed by atoms with Gasteiger partial charge in [0.15, 0.2) is 5.96 Å². The first-order chi connectivity index (χ1) is 11.1. The van der Waals surface area contributed by atoms with Gasteiger partial charge in [-0.1, -0.05) is 13.8 Å². The zero-order chi connectivity index (χ0) is 16.5. The number of nitrogens with zero attached hydrogens (tertiary/aromatic N) is 2. The van der Waals surface area contributed by atoms with Crippen molar-refractivity contribution in [3.63, 3.8) is 0 Å². The molecule has 0 atom stereocenters. The van der Waals surface area contributed by atoms with Gasteiger partial charge in [0.25, 0.3) is 0 Å². The Balaban J connectivity index is 1.81. The van der Waals surface area contributed by atoms with Crippen LogP contribution in [0.3, 0.4) is 0 Å². The molecule has 1 aromatic heterocycles. The summed E-state index contributed by atoms with van der Waals surface area (Å²) in [6.45, 7) is 7.77. The van der Waals surface area contributed by atoms with E-state index in [-0.39, 0.29) is 12.5 Å². The largest absolute Gasteiger partial charge is 0.469 e. The summed E-state index contributed by atoms with van der Waals surface area (Å²) in [7, 11) is 0. The molecule has 0 bridgehead atoms. The molecular weight excluding hydrogens is 292 g/mol. The average molecular weight is 320 g/mol. The Kier molecular flexibility index (Phi) is 6.97. The second-order valence-electron chi connectivity index (χ2n) is 6.28. The van der Waals surface area contributed by atoms with Gasteiger partial charge in [-0.3, -0.25) is 4.79 Å². The predicted octanol–water partition coefficient (Wildman–Crippen LogP) is 1.64. The van der Waals surface area contributed by atoms with E-state index in [0.29, 0.717) is 11.9 Å². The van der Waals surface area contributed by atoms with Crippen LogP contribution in [0.25, 0.3) is 0 Å². The van der Waals surface area contributed by atoms with Crippen LogP contribution in [0.2, 0.25) is 0 Å². The molecule has 2 heterocycles. The molecule has 1 aromatic rings. The number of amides is 1. The van der Waals surface area contributed by atoms with Gasteiger partial charge < -0.3 is 20.0 Å². The third kappa shape index (κ3) is 6.34. The summed E-state index contributed by atoms with van der Waals surface area (Å²) in [5, 5.41) is 6.55. The molecule has 2 N–H and O–H groups in total. The number of hydrogen-bond donors (Lipinski definition) is 2. The van der Waals surface area contributed by atoms with Crippen molar-refractivity contribution in [3.8, 4) is 0 Å². The molecule has 1 fully saturated rings. The molecule has 23 heavy (non-hydrogen) atoms. The summed E-state index contributed by atoms with van der Waals surface area (Å²) in [5.41, 5.74) is 0. The highest BCUT2D eigenvalue weighted by atomic mass is 16.3. The highest BCUT2D eigenvalue weighted by Crippen LogP contribution is 2.07. The Morgan fingerprint density at radius 1 is 1.35 bits per heavy atom. The molecule has 6 heteroatoms. The first kappa shape index (κ1) is 17.4. The number of likely N-dealkylation sites (tertiary alicyclic amines) is 1. The van der Waals surface area contributed by atoms with Crippen LogP contribution in [0.5, 0.6) is 0 Å². The number of nitrogens with one attached hydrogen (secondary N) is 2. The molecule has 6 nitrogen and oxygen atoms in total. The molecule has 0 aliphatic carbocycles. The van der Waals surface area contributed by atoms with Crippen LogP contribution in [-0.4, -0.2) is 49.5 Å². The minimum absolute atomic E-state index is 0.110. The molecule has 1 aliphatic rings. The lowest BCUT2D eigenvalue weighted by Gasteiger charge is -2.16. The van der Waals surface area contributed by atoms with Crippen molar-refractivity contribution in [1.82, 2.24) is 15.5 Å². The summed E-state index contributed by atoms with van der Waals surface area (Å²) >= 11 is 0. The SMILES string of the molecule is CC(C)CNC(=NCC(=O)N1CCCC1)NCCc1ccco1. The van der Waals surface area contributed by atoms with Crippen LogP contribution in [0, 0.1) is 5.92 Å². The van der Waals surface area contributed by atoms with Crippen molar-refractivity contribution in [2.24, 2.45) is 10.9 Å².